The molecule has 1 fully saturated rings. The summed E-state index contributed by atoms with van der Waals surface area (Å²) in [6, 6.07) is 15.5. The van der Waals surface area contributed by atoms with Crippen molar-refractivity contribution in [3.8, 4) is 6.07 Å². The summed E-state index contributed by atoms with van der Waals surface area (Å²) in [6.45, 7) is 9.75. The fourth-order valence-corrected chi connectivity index (χ4v) is 6.72. The average Bonchev–Trinajstić information content (AvgIpc) is 3.31. The number of hydrogen-bond donors (Lipinski definition) is 4. The number of hydrogen-bond acceptors (Lipinski definition) is 5. The molecule has 4 N–H and O–H groups in total. The lowest BCUT2D eigenvalue weighted by atomic mass is 9.62. The van der Waals surface area contributed by atoms with Crippen LogP contribution in [0, 0.1) is 28.4 Å². The molecular formula is C36H40Cl2F2N4O3. The molecule has 1 aliphatic heterocycles. The van der Waals surface area contributed by atoms with E-state index in [1.54, 1.807) is 38.1 Å². The van der Waals surface area contributed by atoms with Crippen molar-refractivity contribution in [3.63, 3.8) is 0 Å². The Hall–Kier alpha value is -3.55. The molecule has 0 bridgehead atoms. The van der Waals surface area contributed by atoms with Gasteiger partial charge in [0, 0.05) is 41.4 Å². The molecule has 0 saturated carbocycles. The van der Waals surface area contributed by atoms with Crippen LogP contribution in [0.15, 0.2) is 60.7 Å². The van der Waals surface area contributed by atoms with Crippen molar-refractivity contribution in [2.45, 2.75) is 76.3 Å². The molecule has 0 aromatic heterocycles. The number of anilines is 1. The molecule has 4 rings (SSSR count). The van der Waals surface area contributed by atoms with Gasteiger partial charge in [-0.25, -0.2) is 8.78 Å². The molecule has 47 heavy (non-hydrogen) atoms. The number of carbonyl (C=O) groups is 2. The van der Waals surface area contributed by atoms with E-state index in [4.69, 9.17) is 28.3 Å². The van der Waals surface area contributed by atoms with Crippen LogP contribution in [0.25, 0.3) is 0 Å². The second-order valence-corrected chi connectivity index (χ2v) is 14.6. The molecular weight excluding hydrogens is 645 g/mol. The van der Waals surface area contributed by atoms with E-state index in [1.165, 1.54) is 30.3 Å². The van der Waals surface area contributed by atoms with E-state index in [9.17, 15) is 14.9 Å². The maximum Gasteiger partial charge on any atom is 0.242 e. The Bertz CT molecular complexity index is 1670. The Morgan fingerprint density at radius 3 is 2.32 bits per heavy atom. The summed E-state index contributed by atoms with van der Waals surface area (Å²) in [7, 11) is 0. The highest BCUT2D eigenvalue weighted by atomic mass is 35.5. The van der Waals surface area contributed by atoms with E-state index in [0.717, 1.165) is 6.07 Å². The van der Waals surface area contributed by atoms with Crippen molar-refractivity contribution in [3.05, 3.63) is 99.0 Å². The maximum atomic E-state index is 15.9. The van der Waals surface area contributed by atoms with Gasteiger partial charge >= 0.3 is 0 Å². The molecule has 0 aliphatic carbocycles. The monoisotopic (exact) mass is 684 g/mol. The minimum absolute atomic E-state index is 0.00164. The molecule has 0 radical (unpaired) electrons. The SMILES string of the molecule is CC(C)(C)CC1NC(C(=O)Nc2ccc(C(C)(C)C(=O)NCCCO)cc2)C(c2cccc(Cl)c2F)C1(C#N)c1ccc(Cl)cc1F. The lowest BCUT2D eigenvalue weighted by molar-refractivity contribution is -0.125. The van der Waals surface area contributed by atoms with Gasteiger partial charge < -0.3 is 21.1 Å². The van der Waals surface area contributed by atoms with Crippen molar-refractivity contribution < 1.29 is 23.5 Å². The van der Waals surface area contributed by atoms with Crippen LogP contribution in [0.2, 0.25) is 10.0 Å². The average molecular weight is 686 g/mol. The molecule has 3 aromatic carbocycles. The number of aliphatic hydroxyl groups is 1. The minimum Gasteiger partial charge on any atom is -0.396 e. The van der Waals surface area contributed by atoms with Gasteiger partial charge in [0.05, 0.1) is 22.5 Å². The third-order valence-corrected chi connectivity index (χ3v) is 9.32. The summed E-state index contributed by atoms with van der Waals surface area (Å²) < 4.78 is 31.7. The number of nitrogens with zero attached hydrogens (tertiary/aromatic N) is 1. The Morgan fingerprint density at radius 1 is 1.04 bits per heavy atom. The smallest absolute Gasteiger partial charge is 0.242 e. The Balaban J connectivity index is 1.78. The largest absolute Gasteiger partial charge is 0.396 e. The molecule has 1 saturated heterocycles. The molecule has 4 unspecified atom stereocenters. The molecule has 3 aromatic rings. The van der Waals surface area contributed by atoms with E-state index < -0.39 is 46.4 Å². The van der Waals surface area contributed by atoms with Gasteiger partial charge in [-0.05, 0) is 73.6 Å². The molecule has 250 valence electrons. The highest BCUT2D eigenvalue weighted by Gasteiger charge is 2.61. The predicted molar refractivity (Wildman–Crippen MR) is 180 cm³/mol. The summed E-state index contributed by atoms with van der Waals surface area (Å²) in [5, 5.41) is 29.0. The van der Waals surface area contributed by atoms with Gasteiger partial charge in [0.2, 0.25) is 11.8 Å². The highest BCUT2D eigenvalue weighted by molar-refractivity contribution is 6.31. The maximum absolute atomic E-state index is 15.9. The number of nitrogens with one attached hydrogen (secondary N) is 3. The van der Waals surface area contributed by atoms with E-state index in [2.05, 4.69) is 22.0 Å². The minimum atomic E-state index is -1.74. The van der Waals surface area contributed by atoms with Gasteiger partial charge in [0.15, 0.2) is 0 Å². The number of carbonyl (C=O) groups excluding carboxylic acids is 2. The van der Waals surface area contributed by atoms with Crippen LogP contribution in [-0.4, -0.2) is 42.2 Å². The number of benzene rings is 3. The number of halogens is 4. The summed E-state index contributed by atoms with van der Waals surface area (Å²) in [6.07, 6.45) is 0.783. The lowest BCUT2D eigenvalue weighted by Gasteiger charge is -2.37. The van der Waals surface area contributed by atoms with Gasteiger partial charge in [0.1, 0.15) is 17.0 Å². The van der Waals surface area contributed by atoms with Crippen molar-refractivity contribution in [1.82, 2.24) is 10.6 Å². The van der Waals surface area contributed by atoms with Crippen LogP contribution in [0.5, 0.6) is 0 Å². The summed E-state index contributed by atoms with van der Waals surface area (Å²) in [4.78, 5) is 27.0. The molecule has 1 aliphatic rings. The van der Waals surface area contributed by atoms with Gasteiger partial charge in [0.25, 0.3) is 0 Å². The topological polar surface area (TPSA) is 114 Å². The van der Waals surface area contributed by atoms with Crippen molar-refractivity contribution >= 4 is 40.7 Å². The Morgan fingerprint density at radius 2 is 1.72 bits per heavy atom. The second kappa shape index (κ2) is 14.3. The van der Waals surface area contributed by atoms with E-state index in [1.807, 2.05) is 20.8 Å². The van der Waals surface area contributed by atoms with Gasteiger partial charge in [-0.2, -0.15) is 5.26 Å². The number of amides is 2. The quantitative estimate of drug-likeness (QED) is 0.172. The van der Waals surface area contributed by atoms with Crippen molar-refractivity contribution in [2.75, 3.05) is 18.5 Å². The van der Waals surface area contributed by atoms with E-state index in [0.29, 0.717) is 30.6 Å². The first-order valence-corrected chi connectivity index (χ1v) is 16.2. The Labute approximate surface area is 284 Å². The summed E-state index contributed by atoms with van der Waals surface area (Å²) in [5.74, 6) is -3.51. The van der Waals surface area contributed by atoms with E-state index >= 15 is 8.78 Å². The highest BCUT2D eigenvalue weighted by Crippen LogP contribution is 2.53. The van der Waals surface area contributed by atoms with Gasteiger partial charge in [-0.15, -0.1) is 0 Å². The zero-order chi connectivity index (χ0) is 34.7. The van der Waals surface area contributed by atoms with Crippen molar-refractivity contribution in [2.24, 2.45) is 5.41 Å². The number of rotatable bonds is 10. The molecule has 4 atom stereocenters. The molecule has 0 spiro atoms. The first-order valence-electron chi connectivity index (χ1n) is 15.4. The van der Waals surface area contributed by atoms with Crippen LogP contribution in [0.3, 0.4) is 0 Å². The lowest BCUT2D eigenvalue weighted by Crippen LogP contribution is -2.45. The van der Waals surface area contributed by atoms with Crippen LogP contribution in [0.4, 0.5) is 14.5 Å². The standard InChI is InChI=1S/C36H40Cl2F2N4O3/c1-34(2,3)19-28-36(20-41,25-15-12-22(37)18-27(25)39)29(24-8-6-9-26(38)30(24)40)31(44-28)32(46)43-23-13-10-21(11-14-23)35(4,5)33(47)42-16-7-17-45/h6,8-15,18,28-29,31,44-45H,7,16-17,19H2,1-5H3,(H,42,47)(H,43,46). The first kappa shape index (κ1) is 36.3. The molecule has 1 heterocycles. The summed E-state index contributed by atoms with van der Waals surface area (Å²) in [5.41, 5.74) is -1.92. The third-order valence-electron chi connectivity index (χ3n) is 8.79. The Kier molecular flexibility index (Phi) is 11.0. The predicted octanol–water partition coefficient (Wildman–Crippen LogP) is 7.01. The molecule has 7 nitrogen and oxygen atoms in total. The number of nitriles is 1. The fraction of sp³-hybridized carbons (Fsp3) is 0.417. The zero-order valence-electron chi connectivity index (χ0n) is 27.1. The van der Waals surface area contributed by atoms with Crippen LogP contribution in [0.1, 0.15) is 70.1 Å². The summed E-state index contributed by atoms with van der Waals surface area (Å²) >= 11 is 12.3. The zero-order valence-corrected chi connectivity index (χ0v) is 28.6. The third kappa shape index (κ3) is 7.47. The van der Waals surface area contributed by atoms with Gasteiger partial charge in [-0.1, -0.05) is 74.3 Å². The second-order valence-electron chi connectivity index (χ2n) is 13.7. The van der Waals surface area contributed by atoms with Crippen molar-refractivity contribution in [1.29, 1.82) is 5.26 Å². The molecule has 11 heteroatoms. The first-order chi connectivity index (χ1) is 22.1. The molecule has 2 amide bonds. The van der Waals surface area contributed by atoms with Crippen LogP contribution < -0.4 is 16.0 Å². The van der Waals surface area contributed by atoms with E-state index in [-0.39, 0.29) is 39.1 Å². The normalized spacial score (nSPS) is 21.3. The van der Waals surface area contributed by atoms with Gasteiger partial charge in [-0.3, -0.25) is 9.59 Å². The fourth-order valence-electron chi connectivity index (χ4n) is 6.38. The van der Waals surface area contributed by atoms with Crippen LogP contribution in [-0.2, 0) is 20.4 Å². The van der Waals surface area contributed by atoms with Crippen LogP contribution >= 0.6 is 23.2 Å². The number of aliphatic hydroxyl groups excluding tert-OH is 1.